The number of fused-ring (bicyclic) bond motifs is 4. The molecule has 17 nitrogen and oxygen atoms in total. The smallest absolute Gasteiger partial charge is 0.246 e. The van der Waals surface area contributed by atoms with E-state index >= 15 is 14.4 Å². The molecular weight excluding hydrogens is 949 g/mol. The monoisotopic (exact) mass is 1020 g/mol. The van der Waals surface area contributed by atoms with Crippen molar-refractivity contribution in [2.45, 2.75) is 141 Å². The number of hydrogen-bond donors (Lipinski definition) is 4. The Hall–Kier alpha value is -7.43. The molecule has 398 valence electrons. The minimum atomic E-state index is -1.28. The van der Waals surface area contributed by atoms with E-state index in [1.165, 1.54) is 35.7 Å². The largest absolute Gasteiger partial charge is 0.343 e. The molecule has 2 saturated heterocycles. The zero-order valence-corrected chi connectivity index (χ0v) is 44.8. The number of benzene rings is 3. The Morgan fingerprint density at radius 3 is 1.91 bits per heavy atom. The number of allylic oxidation sites excluding steroid dienone is 1. The van der Waals surface area contributed by atoms with Gasteiger partial charge in [0.25, 0.3) is 0 Å². The first-order valence-corrected chi connectivity index (χ1v) is 26.2. The predicted molar refractivity (Wildman–Crippen MR) is 289 cm³/mol. The average Bonchev–Trinajstić information content (AvgIpc) is 3.77. The number of nitrogens with one attached hydrogen (secondary N) is 4. The molecule has 17 heteroatoms. The highest BCUT2D eigenvalue weighted by Gasteiger charge is 2.43. The quantitative estimate of drug-likeness (QED) is 0.120. The molecule has 75 heavy (non-hydrogen) atoms. The van der Waals surface area contributed by atoms with Crippen LogP contribution in [0.25, 0.3) is 21.9 Å². The SMILES string of the molecule is C=CC(C)(C)n1cc(C[C@@H]2NC(=O)[C@H](Cc3ccccc3)NC(=O)[C@H](CC(C)C)N3CCC[C@@H](C3=O)N(C)C(=O)[C@H](C)NC(=O)[C@H](Cc3ccc4nccnc4c3)NC(=O)[C@H](CC(C)C)N(C)C2=O)c2ccccc21. The Balaban J connectivity index is 1.36. The number of likely N-dealkylation sites (N-methyl/N-ethyl adjacent to an activating group) is 2. The maximum Gasteiger partial charge on any atom is 0.246 e. The van der Waals surface area contributed by atoms with Crippen LogP contribution < -0.4 is 21.3 Å². The molecule has 7 atom stereocenters. The van der Waals surface area contributed by atoms with E-state index in [0.29, 0.717) is 29.4 Å². The van der Waals surface area contributed by atoms with Crippen LogP contribution in [0.2, 0.25) is 0 Å². The molecule has 4 N–H and O–H groups in total. The third-order valence-corrected chi connectivity index (χ3v) is 14.7. The van der Waals surface area contributed by atoms with Crippen molar-refractivity contribution >= 4 is 63.3 Å². The fourth-order valence-corrected chi connectivity index (χ4v) is 10.3. The van der Waals surface area contributed by atoms with Crippen molar-refractivity contribution in [2.75, 3.05) is 20.6 Å². The molecule has 7 amide bonds. The third kappa shape index (κ3) is 12.9. The van der Waals surface area contributed by atoms with Crippen molar-refractivity contribution in [1.29, 1.82) is 0 Å². The number of aromatic nitrogens is 3. The number of carbonyl (C=O) groups excluding carboxylic acids is 7. The first kappa shape index (κ1) is 55.3. The fraction of sp³-hybridized carbons (Fsp3) is 0.466. The summed E-state index contributed by atoms with van der Waals surface area (Å²) in [7, 11) is 3.03. The van der Waals surface area contributed by atoms with Gasteiger partial charge in [0.15, 0.2) is 0 Å². The van der Waals surface area contributed by atoms with Crippen molar-refractivity contribution < 1.29 is 33.6 Å². The molecule has 0 saturated carbocycles. The zero-order valence-electron chi connectivity index (χ0n) is 44.8. The van der Waals surface area contributed by atoms with E-state index in [9.17, 15) is 19.2 Å². The summed E-state index contributed by atoms with van der Waals surface area (Å²) in [5.41, 5.74) is 3.68. The standard InChI is InChI=1S/C58H74N10O7/c1-11-58(7,8)68-34-40(41-20-15-16-21-47(41)68)33-46-56(74)66(10)49(28-35(2)3)53(71)62-45(32-39-23-24-42-43(31-39)60-26-25-59-42)51(69)61-37(6)55(73)65(9)48-22-17-27-67(57(48)75)50(29-36(4)5)54(72)63-44(52(70)64-46)30-38-18-13-12-14-19-38/h11-16,18-21,23-26,31,34-37,44-46,48-50H,1,17,22,27-30,32-33H2,2-10H3,(H,61,69)(H,62,71)(H,63,72)(H,64,70)/t37-,44-,45-,46-,48-,49-,50-/m0/s1. The number of piperidine rings is 1. The molecule has 7 rings (SSSR count). The Kier molecular flexibility index (Phi) is 17.6. The first-order chi connectivity index (χ1) is 35.7. The molecule has 0 unspecified atom stereocenters. The number of nitrogens with zero attached hydrogens (tertiary/aromatic N) is 6. The van der Waals surface area contributed by atoms with E-state index in [2.05, 4.69) is 42.4 Å². The summed E-state index contributed by atoms with van der Waals surface area (Å²) in [6.07, 6.45) is 8.18. The van der Waals surface area contributed by atoms with E-state index < -0.39 is 89.2 Å². The maximum absolute atomic E-state index is 15.5. The van der Waals surface area contributed by atoms with E-state index in [4.69, 9.17) is 0 Å². The molecule has 2 aromatic heterocycles. The van der Waals surface area contributed by atoms with Crippen LogP contribution >= 0.6 is 0 Å². The highest BCUT2D eigenvalue weighted by molar-refractivity contribution is 5.99. The minimum Gasteiger partial charge on any atom is -0.343 e. The summed E-state index contributed by atoms with van der Waals surface area (Å²) >= 11 is 0. The molecule has 2 fully saturated rings. The van der Waals surface area contributed by atoms with Crippen molar-refractivity contribution in [3.8, 4) is 0 Å². The molecule has 4 heterocycles. The van der Waals surface area contributed by atoms with Crippen molar-refractivity contribution in [3.05, 3.63) is 121 Å². The molecule has 2 aliphatic heterocycles. The highest BCUT2D eigenvalue weighted by Crippen LogP contribution is 2.30. The molecule has 2 aliphatic rings. The van der Waals surface area contributed by atoms with Gasteiger partial charge in [0, 0.05) is 69.4 Å². The van der Waals surface area contributed by atoms with Gasteiger partial charge in [-0.3, -0.25) is 43.5 Å². The normalized spacial score (nSPS) is 23.3. The van der Waals surface area contributed by atoms with Crippen LogP contribution in [-0.4, -0.2) is 134 Å². The number of hydrogen-bond acceptors (Lipinski definition) is 9. The molecular formula is C58H74N10O7. The second-order valence-electron chi connectivity index (χ2n) is 21.7. The molecule has 0 aliphatic carbocycles. The van der Waals surface area contributed by atoms with Crippen LogP contribution in [-0.2, 0) is 58.4 Å². The molecule has 0 radical (unpaired) electrons. The van der Waals surface area contributed by atoms with Crippen LogP contribution in [0, 0.1) is 11.8 Å². The zero-order chi connectivity index (χ0) is 54.3. The number of amides is 7. The number of para-hydroxylation sites is 1. The number of carbonyl (C=O) groups is 7. The average molecular weight is 1020 g/mol. The molecule has 0 spiro atoms. The van der Waals surface area contributed by atoms with Gasteiger partial charge in [0.1, 0.15) is 42.3 Å². The second kappa shape index (κ2) is 23.8. The fourth-order valence-electron chi connectivity index (χ4n) is 10.3. The minimum absolute atomic E-state index is 0.00731. The summed E-state index contributed by atoms with van der Waals surface area (Å²) < 4.78 is 2.07. The van der Waals surface area contributed by atoms with Crippen LogP contribution in [0.15, 0.2) is 104 Å². The van der Waals surface area contributed by atoms with Gasteiger partial charge in [0.2, 0.25) is 41.4 Å². The lowest BCUT2D eigenvalue weighted by Crippen LogP contribution is -2.62. The maximum atomic E-state index is 15.5. The van der Waals surface area contributed by atoms with Crippen LogP contribution in [0.4, 0.5) is 0 Å². The Labute approximate surface area is 440 Å². The van der Waals surface area contributed by atoms with Crippen LogP contribution in [0.1, 0.15) is 90.8 Å². The van der Waals surface area contributed by atoms with Gasteiger partial charge < -0.3 is 40.5 Å². The molecule has 3 aromatic carbocycles. The third-order valence-electron chi connectivity index (χ3n) is 14.7. The predicted octanol–water partition coefficient (Wildman–Crippen LogP) is 5.24. The Bertz CT molecular complexity index is 2920. The lowest BCUT2D eigenvalue weighted by Gasteiger charge is -2.41. The summed E-state index contributed by atoms with van der Waals surface area (Å²) in [6.45, 7) is 17.6. The number of rotatable bonds is 12. The first-order valence-electron chi connectivity index (χ1n) is 26.2. The lowest BCUT2D eigenvalue weighted by molar-refractivity contribution is -0.153. The van der Waals surface area contributed by atoms with Crippen molar-refractivity contribution in [2.24, 2.45) is 11.8 Å². The van der Waals surface area contributed by atoms with E-state index in [0.717, 1.165) is 22.0 Å². The molecule has 5 aromatic rings. The Morgan fingerprint density at radius 2 is 1.24 bits per heavy atom. The van der Waals surface area contributed by atoms with Gasteiger partial charge >= 0.3 is 0 Å². The van der Waals surface area contributed by atoms with E-state index in [1.54, 1.807) is 30.6 Å². The van der Waals surface area contributed by atoms with Gasteiger partial charge in [-0.05, 0) is 93.2 Å². The van der Waals surface area contributed by atoms with Crippen molar-refractivity contribution in [1.82, 2.24) is 50.5 Å². The summed E-state index contributed by atoms with van der Waals surface area (Å²) in [4.78, 5) is 117. The summed E-state index contributed by atoms with van der Waals surface area (Å²) in [5.74, 6) is -4.24. The van der Waals surface area contributed by atoms with Gasteiger partial charge in [-0.25, -0.2) is 0 Å². The van der Waals surface area contributed by atoms with Crippen LogP contribution in [0.3, 0.4) is 0 Å². The summed E-state index contributed by atoms with van der Waals surface area (Å²) in [5, 5.41) is 12.7. The highest BCUT2D eigenvalue weighted by atomic mass is 16.2. The topological polar surface area (TPSA) is 208 Å². The summed E-state index contributed by atoms with van der Waals surface area (Å²) in [6, 6.07) is 14.3. The van der Waals surface area contributed by atoms with Gasteiger partial charge in [-0.2, -0.15) is 0 Å². The Morgan fingerprint density at radius 1 is 0.653 bits per heavy atom. The van der Waals surface area contributed by atoms with Gasteiger partial charge in [-0.15, -0.1) is 6.58 Å². The molecule has 2 bridgehead atoms. The van der Waals surface area contributed by atoms with Gasteiger partial charge in [0.05, 0.1) is 16.6 Å². The van der Waals surface area contributed by atoms with Crippen molar-refractivity contribution in [3.63, 3.8) is 0 Å². The van der Waals surface area contributed by atoms with Crippen LogP contribution in [0.5, 0.6) is 0 Å². The lowest BCUT2D eigenvalue weighted by atomic mass is 9.95. The van der Waals surface area contributed by atoms with Gasteiger partial charge in [-0.1, -0.05) is 88.4 Å². The van der Waals surface area contributed by atoms with E-state index in [-0.39, 0.29) is 50.5 Å². The second-order valence-corrected chi connectivity index (χ2v) is 21.7. The van der Waals surface area contributed by atoms with E-state index in [1.807, 2.05) is 108 Å².